The van der Waals surface area contributed by atoms with Gasteiger partial charge in [-0.15, -0.1) is 0 Å². The molecule has 13 nitrogen and oxygen atoms in total. The Labute approximate surface area is 582 Å². The molecular weight excluding hydrogens is 1430 g/mol. The first-order valence-electron chi connectivity index (χ1n) is 29.5. The zero-order valence-electron chi connectivity index (χ0n) is 52.5. The van der Waals surface area contributed by atoms with Crippen molar-refractivity contribution >= 4 is 75.5 Å². The summed E-state index contributed by atoms with van der Waals surface area (Å²) >= 11 is 10.0. The lowest BCUT2D eigenvalue weighted by Crippen LogP contribution is -2.52. The van der Waals surface area contributed by atoms with E-state index in [0.29, 0.717) is 22.4 Å². The lowest BCUT2D eigenvalue weighted by atomic mass is 10.3. The molecule has 0 atom stereocenters. The fourth-order valence-electron chi connectivity index (χ4n) is 8.28. The van der Waals surface area contributed by atoms with Gasteiger partial charge in [0.2, 0.25) is 0 Å². The molecule has 0 radical (unpaired) electrons. The minimum Gasteiger partial charge on any atom is -0.508 e. The number of halogens is 3. The van der Waals surface area contributed by atoms with Crippen molar-refractivity contribution < 1.29 is 60.8 Å². The van der Waals surface area contributed by atoms with Crippen LogP contribution in [0.5, 0.6) is 86.2 Å². The molecule has 0 aliphatic rings. The third kappa shape index (κ3) is 24.2. The monoisotopic (exact) mass is 1490 g/mol. The Bertz CT molecular complexity index is 3930. The zero-order chi connectivity index (χ0) is 67.1. The number of hydrogen-bond donors (Lipinski definition) is 2. The van der Waals surface area contributed by atoms with E-state index in [-0.39, 0.29) is 0 Å². The van der Waals surface area contributed by atoms with Gasteiger partial charge in [0.15, 0.2) is 0 Å². The molecule has 2 N–H and O–H groups in total. The second-order valence-corrected chi connectivity index (χ2v) is 28.7. The fraction of sp³-hybridized carbons (Fsp3) is 0.0649. The summed E-state index contributed by atoms with van der Waals surface area (Å²) in [5.41, 5.74) is 0. The highest BCUT2D eigenvalue weighted by molar-refractivity contribution is 9.11. The third-order valence-corrected chi connectivity index (χ3v) is 20.2. The van der Waals surface area contributed by atoms with Crippen LogP contribution in [0.2, 0.25) is 6.55 Å². The first kappa shape index (κ1) is 71.6. The highest BCUT2D eigenvalue weighted by Crippen LogP contribution is 2.31. The molecule has 484 valence electrons. The van der Waals surface area contributed by atoms with Crippen molar-refractivity contribution in [2.45, 2.75) is 6.55 Å². The fourth-order valence-corrected chi connectivity index (χ4v) is 11.7. The maximum Gasteiger partial charge on any atom is 0.533 e. The SMILES string of the molecule is Brc1ccc(Oc2ccc(Oc3ccccc3)cc2)cc1.Brc1ccc(Oc2ccccc2)cc1.CO[Si](C)(OC)c1ccc(Oc2ccc(Oc3ccccc3)cc2)cc1.CO[Si](O)(OC)c1ccc(Oc2ccc(Oc3ccccc3)cc2)cc1.Oc1ccc(Br)cc1. The molecule has 0 fully saturated rings. The van der Waals surface area contributed by atoms with Crippen molar-refractivity contribution in [1.29, 1.82) is 0 Å². The van der Waals surface area contributed by atoms with Crippen molar-refractivity contribution in [3.63, 3.8) is 0 Å². The van der Waals surface area contributed by atoms with Crippen LogP contribution in [-0.4, -0.2) is 55.7 Å². The summed E-state index contributed by atoms with van der Waals surface area (Å²) in [5.74, 6) is 11.1. The van der Waals surface area contributed by atoms with Crippen molar-refractivity contribution in [1.82, 2.24) is 0 Å². The predicted molar refractivity (Wildman–Crippen MR) is 389 cm³/mol. The van der Waals surface area contributed by atoms with Gasteiger partial charge in [-0.25, -0.2) is 0 Å². The molecule has 18 heteroatoms. The number of aromatic hydroxyl groups is 1. The van der Waals surface area contributed by atoms with Crippen LogP contribution in [0.3, 0.4) is 0 Å². The Morgan fingerprint density at radius 1 is 0.232 bits per heavy atom. The average Bonchev–Trinajstić information content (AvgIpc) is 1.18. The second-order valence-electron chi connectivity index (χ2n) is 20.2. The lowest BCUT2D eigenvalue weighted by Gasteiger charge is -2.23. The van der Waals surface area contributed by atoms with Gasteiger partial charge >= 0.3 is 17.4 Å². The molecule has 12 aromatic rings. The summed E-state index contributed by atoms with van der Waals surface area (Å²) in [7, 11) is 0.609. The molecule has 0 heterocycles. The minimum atomic E-state index is -3.31. The number of ether oxygens (including phenoxy) is 7. The van der Waals surface area contributed by atoms with E-state index in [0.717, 1.165) is 87.6 Å². The first-order chi connectivity index (χ1) is 46.2. The van der Waals surface area contributed by atoms with Gasteiger partial charge in [-0.05, 0) is 230 Å². The van der Waals surface area contributed by atoms with E-state index in [4.69, 9.17) is 56.0 Å². The zero-order valence-corrected chi connectivity index (χ0v) is 59.3. The van der Waals surface area contributed by atoms with Gasteiger partial charge in [0.05, 0.1) is 0 Å². The number of para-hydroxylation sites is 4. The van der Waals surface area contributed by atoms with E-state index in [1.807, 2.05) is 273 Å². The van der Waals surface area contributed by atoms with E-state index in [2.05, 4.69) is 47.8 Å². The second kappa shape index (κ2) is 37.6. The Balaban J connectivity index is 0.000000159. The van der Waals surface area contributed by atoms with Gasteiger partial charge in [-0.3, -0.25) is 0 Å². The Hall–Kier alpha value is -9.29. The van der Waals surface area contributed by atoms with Crippen molar-refractivity contribution in [2.75, 3.05) is 28.4 Å². The van der Waals surface area contributed by atoms with Gasteiger partial charge in [0, 0.05) is 47.0 Å². The normalized spacial score (nSPS) is 10.6. The van der Waals surface area contributed by atoms with Crippen LogP contribution in [-0.2, 0) is 17.7 Å². The molecule has 0 spiro atoms. The predicted octanol–water partition coefficient (Wildman–Crippen LogP) is 21.0. The standard InChI is InChI=1S/C21H22O4Si.C20H20O5Si.C18H13BrO2.C12H9BrO.C6H5BrO/c1-22-26(3,23-2)21-15-13-20(14-16-21)25-19-11-9-18(10-12-19)24-17-7-5-4-6-8-17;1-22-26(21,23-2)20-14-12-19(13-15-20)25-18-10-8-17(9-11-18)24-16-6-4-3-5-7-16;19-14-6-8-16(9-7-14)21-18-12-10-17(11-13-18)20-15-4-2-1-3-5-15;13-10-6-8-12(9-7-10)14-11-4-2-1-3-5-11;7-5-1-3-6(8)4-2-5/h4-16H,1-3H3;3-15,21H,1-2H3;1-13H;1-9H;1-4,8H. The third-order valence-electron chi connectivity index (χ3n) is 13.5. The van der Waals surface area contributed by atoms with Gasteiger partial charge < -0.3 is 60.8 Å². The van der Waals surface area contributed by atoms with Crippen LogP contribution in [0.25, 0.3) is 0 Å². The molecule has 12 rings (SSSR count). The van der Waals surface area contributed by atoms with Crippen LogP contribution in [0.1, 0.15) is 0 Å². The molecule has 0 aliphatic heterocycles. The average molecular weight is 1500 g/mol. The number of phenols is 1. The maximum absolute atomic E-state index is 10.3. The lowest BCUT2D eigenvalue weighted by molar-refractivity contribution is 0.169. The molecule has 0 aliphatic carbocycles. The molecule has 0 saturated carbocycles. The van der Waals surface area contributed by atoms with E-state index >= 15 is 0 Å². The number of rotatable bonds is 20. The summed E-state index contributed by atoms with van der Waals surface area (Å²) in [6.07, 6.45) is 0. The van der Waals surface area contributed by atoms with E-state index in [1.54, 1.807) is 62.8 Å². The molecule has 0 unspecified atom stereocenters. The molecule has 0 saturated heterocycles. The van der Waals surface area contributed by atoms with Crippen LogP contribution in [0, 0.1) is 0 Å². The molecule has 95 heavy (non-hydrogen) atoms. The largest absolute Gasteiger partial charge is 0.533 e. The molecule has 0 bridgehead atoms. The summed E-state index contributed by atoms with van der Waals surface area (Å²) in [4.78, 5) is 10.3. The first-order valence-corrected chi connectivity index (χ1v) is 36.0. The Morgan fingerprint density at radius 3 is 0.611 bits per heavy atom. The van der Waals surface area contributed by atoms with Crippen LogP contribution in [0.15, 0.2) is 329 Å². The van der Waals surface area contributed by atoms with E-state index in [1.165, 1.54) is 14.2 Å². The van der Waals surface area contributed by atoms with Gasteiger partial charge in [0.1, 0.15) is 86.2 Å². The van der Waals surface area contributed by atoms with Gasteiger partial charge in [0.25, 0.3) is 0 Å². The molecular formula is C77H69Br3O13Si2. The van der Waals surface area contributed by atoms with Crippen molar-refractivity contribution in [3.05, 3.63) is 329 Å². The Kier molecular flexibility index (Phi) is 28.3. The summed E-state index contributed by atoms with van der Waals surface area (Å²) in [5, 5.41) is 10.4. The summed E-state index contributed by atoms with van der Waals surface area (Å²) in [6, 6.07) is 98.3. The minimum absolute atomic E-state index is 0.299. The highest BCUT2D eigenvalue weighted by Gasteiger charge is 2.37. The Morgan fingerprint density at radius 2 is 0.411 bits per heavy atom. The van der Waals surface area contributed by atoms with Crippen LogP contribution < -0.4 is 43.5 Å². The molecule has 0 aromatic heterocycles. The summed E-state index contributed by atoms with van der Waals surface area (Å²) < 4.78 is 64.8. The van der Waals surface area contributed by atoms with Crippen LogP contribution in [0.4, 0.5) is 0 Å². The summed E-state index contributed by atoms with van der Waals surface area (Å²) in [6.45, 7) is 2.01. The van der Waals surface area contributed by atoms with Gasteiger partial charge in [-0.1, -0.05) is 145 Å². The number of hydrogen-bond acceptors (Lipinski definition) is 13. The van der Waals surface area contributed by atoms with E-state index in [9.17, 15) is 4.80 Å². The quantitative estimate of drug-likeness (QED) is 0.0700. The van der Waals surface area contributed by atoms with E-state index < -0.39 is 17.4 Å². The maximum atomic E-state index is 10.3. The van der Waals surface area contributed by atoms with Gasteiger partial charge in [-0.2, -0.15) is 0 Å². The topological polar surface area (TPSA) is 142 Å². The molecule has 12 aromatic carbocycles. The van der Waals surface area contributed by atoms with Crippen LogP contribution >= 0.6 is 47.8 Å². The van der Waals surface area contributed by atoms with Crippen molar-refractivity contribution in [3.8, 4) is 86.2 Å². The molecule has 0 amide bonds. The number of benzene rings is 12. The smallest absolute Gasteiger partial charge is 0.508 e. The number of phenolic OH excluding ortho intramolecular Hbond substituents is 1. The van der Waals surface area contributed by atoms with Crippen molar-refractivity contribution in [2.24, 2.45) is 0 Å². The highest BCUT2D eigenvalue weighted by atomic mass is 79.9.